The topological polar surface area (TPSA) is 76.4 Å². The SMILES string of the molecule is C=CCONC1CNC(C(N)=O)C=C1C. The van der Waals surface area contributed by atoms with Crippen molar-refractivity contribution in [3.05, 3.63) is 24.3 Å². The van der Waals surface area contributed by atoms with Crippen LogP contribution < -0.4 is 16.5 Å². The van der Waals surface area contributed by atoms with Crippen LogP contribution in [0.25, 0.3) is 0 Å². The van der Waals surface area contributed by atoms with E-state index in [1.165, 1.54) is 0 Å². The van der Waals surface area contributed by atoms with Crippen LogP contribution in [0.5, 0.6) is 0 Å². The molecule has 2 atom stereocenters. The third-order valence-corrected chi connectivity index (χ3v) is 2.25. The number of nitrogens with two attached hydrogens (primary N) is 1. The van der Waals surface area contributed by atoms with Crippen molar-refractivity contribution in [3.8, 4) is 0 Å². The Balaban J connectivity index is 2.46. The van der Waals surface area contributed by atoms with Crippen LogP contribution in [0.1, 0.15) is 6.92 Å². The van der Waals surface area contributed by atoms with E-state index in [2.05, 4.69) is 17.4 Å². The number of hydrogen-bond acceptors (Lipinski definition) is 4. The van der Waals surface area contributed by atoms with Crippen molar-refractivity contribution >= 4 is 5.91 Å². The van der Waals surface area contributed by atoms with Crippen LogP contribution in [0.3, 0.4) is 0 Å². The summed E-state index contributed by atoms with van der Waals surface area (Å²) in [6.07, 6.45) is 3.47. The van der Waals surface area contributed by atoms with Crippen molar-refractivity contribution in [1.82, 2.24) is 10.8 Å². The third kappa shape index (κ3) is 3.47. The molecule has 0 aromatic rings. The fourth-order valence-corrected chi connectivity index (χ4v) is 1.37. The lowest BCUT2D eigenvalue weighted by atomic mass is 10.0. The highest BCUT2D eigenvalue weighted by Gasteiger charge is 2.22. The summed E-state index contributed by atoms with van der Waals surface area (Å²) in [6, 6.07) is -0.303. The number of hydrogen-bond donors (Lipinski definition) is 3. The van der Waals surface area contributed by atoms with Crippen molar-refractivity contribution < 1.29 is 9.63 Å². The maximum Gasteiger partial charge on any atom is 0.238 e. The molecule has 0 spiro atoms. The zero-order chi connectivity index (χ0) is 11.3. The smallest absolute Gasteiger partial charge is 0.238 e. The van der Waals surface area contributed by atoms with Gasteiger partial charge < -0.3 is 11.1 Å². The molecule has 1 aliphatic rings. The highest BCUT2D eigenvalue weighted by molar-refractivity contribution is 5.82. The van der Waals surface area contributed by atoms with Gasteiger partial charge in [0.15, 0.2) is 0 Å². The van der Waals surface area contributed by atoms with Gasteiger partial charge in [0.05, 0.1) is 12.6 Å². The Hall–Kier alpha value is -1.17. The zero-order valence-corrected chi connectivity index (χ0v) is 8.82. The lowest BCUT2D eigenvalue weighted by Crippen LogP contribution is -2.51. The number of hydroxylamine groups is 1. The molecule has 0 saturated carbocycles. The Morgan fingerprint density at radius 3 is 3.20 bits per heavy atom. The minimum Gasteiger partial charge on any atom is -0.368 e. The van der Waals surface area contributed by atoms with E-state index in [1.54, 1.807) is 12.2 Å². The Bertz CT molecular complexity index is 276. The fraction of sp³-hybridized carbons (Fsp3) is 0.500. The van der Waals surface area contributed by atoms with Gasteiger partial charge in [0.2, 0.25) is 5.91 Å². The van der Waals surface area contributed by atoms with Crippen LogP contribution in [0.4, 0.5) is 0 Å². The molecule has 1 aliphatic heterocycles. The van der Waals surface area contributed by atoms with Crippen molar-refractivity contribution in [3.63, 3.8) is 0 Å². The van der Waals surface area contributed by atoms with E-state index in [-0.39, 0.29) is 18.0 Å². The van der Waals surface area contributed by atoms with Crippen LogP contribution in [-0.4, -0.2) is 31.1 Å². The van der Waals surface area contributed by atoms with E-state index in [1.807, 2.05) is 6.92 Å². The number of carbonyl (C=O) groups excluding carboxylic acids is 1. The fourth-order valence-electron chi connectivity index (χ4n) is 1.37. The summed E-state index contributed by atoms with van der Waals surface area (Å²) >= 11 is 0. The van der Waals surface area contributed by atoms with Gasteiger partial charge in [-0.25, -0.2) is 0 Å². The van der Waals surface area contributed by atoms with Gasteiger partial charge in [-0.3, -0.25) is 9.63 Å². The highest BCUT2D eigenvalue weighted by atomic mass is 16.6. The van der Waals surface area contributed by atoms with E-state index < -0.39 is 0 Å². The lowest BCUT2D eigenvalue weighted by molar-refractivity contribution is -0.119. The summed E-state index contributed by atoms with van der Waals surface area (Å²) in [5.74, 6) is -0.361. The first-order valence-electron chi connectivity index (χ1n) is 4.84. The van der Waals surface area contributed by atoms with Crippen LogP contribution in [0.15, 0.2) is 24.3 Å². The second-order valence-electron chi connectivity index (χ2n) is 3.47. The number of nitrogens with one attached hydrogen (secondary N) is 2. The molecule has 0 aromatic heterocycles. The molecule has 1 amide bonds. The molecule has 5 heteroatoms. The predicted molar refractivity (Wildman–Crippen MR) is 57.8 cm³/mol. The van der Waals surface area contributed by atoms with Gasteiger partial charge in [0.25, 0.3) is 0 Å². The minimum absolute atomic E-state index is 0.0700. The maximum absolute atomic E-state index is 10.9. The molecular weight excluding hydrogens is 194 g/mol. The van der Waals surface area contributed by atoms with E-state index in [4.69, 9.17) is 10.6 Å². The molecule has 0 bridgehead atoms. The summed E-state index contributed by atoms with van der Waals surface area (Å²) in [5, 5.41) is 3.01. The average molecular weight is 211 g/mol. The Labute approximate surface area is 89.3 Å². The van der Waals surface area contributed by atoms with E-state index in [0.717, 1.165) is 5.57 Å². The number of amides is 1. The summed E-state index contributed by atoms with van der Waals surface area (Å²) in [4.78, 5) is 16.0. The zero-order valence-electron chi connectivity index (χ0n) is 8.82. The van der Waals surface area contributed by atoms with Crippen molar-refractivity contribution in [2.45, 2.75) is 19.0 Å². The standard InChI is InChI=1S/C10H17N3O2/c1-3-4-15-13-9-6-12-8(10(11)14)5-7(9)2/h3,5,8-9,12-13H,1,4,6H2,2H3,(H2,11,14). The van der Waals surface area contributed by atoms with Gasteiger partial charge >= 0.3 is 0 Å². The van der Waals surface area contributed by atoms with Crippen molar-refractivity contribution in [2.24, 2.45) is 5.73 Å². The summed E-state index contributed by atoms with van der Waals surface area (Å²) in [6.45, 7) is 6.54. The molecule has 1 heterocycles. The predicted octanol–water partition coefficient (Wildman–Crippen LogP) is -0.534. The lowest BCUT2D eigenvalue weighted by Gasteiger charge is -2.27. The van der Waals surface area contributed by atoms with Gasteiger partial charge in [-0.05, 0) is 6.92 Å². The molecule has 2 unspecified atom stereocenters. The second-order valence-corrected chi connectivity index (χ2v) is 3.47. The van der Waals surface area contributed by atoms with Gasteiger partial charge in [-0.2, -0.15) is 5.48 Å². The summed E-state index contributed by atoms with van der Waals surface area (Å²) in [7, 11) is 0. The maximum atomic E-state index is 10.9. The number of rotatable bonds is 5. The van der Waals surface area contributed by atoms with Crippen molar-refractivity contribution in [2.75, 3.05) is 13.2 Å². The largest absolute Gasteiger partial charge is 0.368 e. The van der Waals surface area contributed by atoms with Crippen LogP contribution in [-0.2, 0) is 9.63 Å². The molecule has 0 radical (unpaired) electrons. The Morgan fingerprint density at radius 2 is 2.67 bits per heavy atom. The monoisotopic (exact) mass is 211 g/mol. The van der Waals surface area contributed by atoms with E-state index >= 15 is 0 Å². The molecule has 15 heavy (non-hydrogen) atoms. The van der Waals surface area contributed by atoms with Crippen molar-refractivity contribution in [1.29, 1.82) is 0 Å². The van der Waals surface area contributed by atoms with Crippen LogP contribution >= 0.6 is 0 Å². The molecule has 0 aliphatic carbocycles. The van der Waals surface area contributed by atoms with Gasteiger partial charge in [0.1, 0.15) is 6.04 Å². The Morgan fingerprint density at radius 1 is 1.93 bits per heavy atom. The second kappa shape index (κ2) is 5.65. The van der Waals surface area contributed by atoms with E-state index in [9.17, 15) is 4.79 Å². The summed E-state index contributed by atoms with van der Waals surface area (Å²) in [5.41, 5.74) is 9.11. The quantitative estimate of drug-likeness (QED) is 0.324. The molecule has 4 N–H and O–H groups in total. The van der Waals surface area contributed by atoms with Gasteiger partial charge in [-0.1, -0.05) is 17.7 Å². The summed E-state index contributed by atoms with van der Waals surface area (Å²) < 4.78 is 0. The molecule has 1 rings (SSSR count). The van der Waals surface area contributed by atoms with Crippen LogP contribution in [0, 0.1) is 0 Å². The first-order chi connectivity index (χ1) is 7.15. The minimum atomic E-state index is -0.373. The van der Waals surface area contributed by atoms with Gasteiger partial charge in [-0.15, -0.1) is 6.58 Å². The third-order valence-electron chi connectivity index (χ3n) is 2.25. The molecular formula is C10H17N3O2. The highest BCUT2D eigenvalue weighted by Crippen LogP contribution is 2.08. The molecule has 0 fully saturated rings. The molecule has 5 nitrogen and oxygen atoms in total. The first kappa shape index (κ1) is 11.9. The Kier molecular flexibility index (Phi) is 4.48. The normalized spacial score (nSPS) is 25.8. The number of carbonyl (C=O) groups is 1. The molecule has 0 saturated heterocycles. The van der Waals surface area contributed by atoms with E-state index in [0.29, 0.717) is 13.2 Å². The number of primary amides is 1. The average Bonchev–Trinajstić information content (AvgIpc) is 2.20. The molecule has 0 aromatic carbocycles. The molecule has 84 valence electrons. The first-order valence-corrected chi connectivity index (χ1v) is 4.84. The van der Waals surface area contributed by atoms with Gasteiger partial charge in [0, 0.05) is 6.54 Å². The van der Waals surface area contributed by atoms with Crippen LogP contribution in [0.2, 0.25) is 0 Å².